The zero-order valence-electron chi connectivity index (χ0n) is 19.2. The number of alkyl carbamates (subject to hydrolysis) is 1. The van der Waals surface area contributed by atoms with E-state index in [4.69, 9.17) is 4.74 Å². The Morgan fingerprint density at radius 3 is 1.97 bits per heavy atom. The summed E-state index contributed by atoms with van der Waals surface area (Å²) in [6.45, 7) is 5.47. The van der Waals surface area contributed by atoms with Gasteiger partial charge in [-0.2, -0.15) is 13.2 Å². The number of rotatable bonds is 10. The van der Waals surface area contributed by atoms with E-state index in [0.29, 0.717) is 0 Å². The minimum absolute atomic E-state index is 0.00620. The molecule has 0 radical (unpaired) electrons. The van der Waals surface area contributed by atoms with Gasteiger partial charge in [-0.15, -0.1) is 0 Å². The van der Waals surface area contributed by atoms with E-state index in [2.05, 4.69) is 5.32 Å². The molecule has 1 unspecified atom stereocenters. The van der Waals surface area contributed by atoms with Crippen molar-refractivity contribution in [1.29, 1.82) is 0 Å². The molecule has 0 aromatic heterocycles. The molecule has 0 heterocycles. The summed E-state index contributed by atoms with van der Waals surface area (Å²) in [6.07, 6.45) is -5.93. The Morgan fingerprint density at radius 1 is 0.939 bits per heavy atom. The molecule has 2 N–H and O–H groups in total. The minimum Gasteiger partial charge on any atom is -0.445 e. The van der Waals surface area contributed by atoms with E-state index in [1.54, 1.807) is 38.1 Å². The smallest absolute Gasteiger partial charge is 0.445 e. The van der Waals surface area contributed by atoms with Gasteiger partial charge in [0.05, 0.1) is 12.6 Å². The number of halogens is 3. The van der Waals surface area contributed by atoms with Crippen molar-refractivity contribution < 1.29 is 37.1 Å². The fourth-order valence-electron chi connectivity index (χ4n) is 2.87. The van der Waals surface area contributed by atoms with Crippen LogP contribution < -0.4 is 10.6 Å². The molecule has 11 heteroatoms. The number of carbonyl (C=O) groups excluding carboxylic acids is 4. The molecule has 0 aliphatic carbocycles. The summed E-state index contributed by atoms with van der Waals surface area (Å²) in [6, 6.07) is 6.09. The number of ether oxygens (including phenoxy) is 1. The highest BCUT2D eigenvalue weighted by Gasteiger charge is 2.45. The quantitative estimate of drug-likeness (QED) is 0.544. The zero-order chi connectivity index (χ0) is 25.3. The van der Waals surface area contributed by atoms with Crippen LogP contribution in [0.2, 0.25) is 0 Å². The van der Waals surface area contributed by atoms with Crippen LogP contribution in [0, 0.1) is 11.8 Å². The van der Waals surface area contributed by atoms with Crippen LogP contribution in [0.5, 0.6) is 0 Å². The number of Topliss-reactive ketones (excluding diaryl/α,β-unsaturated/α-hetero) is 1. The molecule has 0 aliphatic rings. The van der Waals surface area contributed by atoms with Crippen molar-refractivity contribution in [2.45, 2.75) is 52.6 Å². The molecule has 1 rings (SSSR count). The third-order valence-electron chi connectivity index (χ3n) is 4.72. The molecule has 0 spiro atoms. The van der Waals surface area contributed by atoms with Gasteiger partial charge in [0, 0.05) is 7.05 Å². The number of nitrogens with one attached hydrogen (secondary N) is 2. The van der Waals surface area contributed by atoms with Crippen molar-refractivity contribution in [2.75, 3.05) is 13.6 Å². The second-order valence-corrected chi connectivity index (χ2v) is 8.27. The van der Waals surface area contributed by atoms with Gasteiger partial charge in [0.25, 0.3) is 5.78 Å². The van der Waals surface area contributed by atoms with E-state index in [0.717, 1.165) is 10.5 Å². The van der Waals surface area contributed by atoms with Crippen molar-refractivity contribution in [3.8, 4) is 0 Å². The molecule has 8 nitrogen and oxygen atoms in total. The summed E-state index contributed by atoms with van der Waals surface area (Å²) >= 11 is 0. The second-order valence-electron chi connectivity index (χ2n) is 8.27. The lowest BCUT2D eigenvalue weighted by Crippen LogP contribution is -2.54. The number of hydrogen-bond donors (Lipinski definition) is 2. The lowest BCUT2D eigenvalue weighted by Gasteiger charge is -2.28. The molecular weight excluding hydrogens is 443 g/mol. The third kappa shape index (κ3) is 9.11. The largest absolute Gasteiger partial charge is 0.452 e. The minimum atomic E-state index is -5.10. The monoisotopic (exact) mass is 473 g/mol. The van der Waals surface area contributed by atoms with Crippen molar-refractivity contribution in [3.05, 3.63) is 35.9 Å². The van der Waals surface area contributed by atoms with E-state index in [-0.39, 0.29) is 12.5 Å². The highest BCUT2D eigenvalue weighted by atomic mass is 19.4. The molecule has 0 saturated carbocycles. The zero-order valence-corrected chi connectivity index (χ0v) is 19.2. The van der Waals surface area contributed by atoms with Crippen molar-refractivity contribution in [3.63, 3.8) is 0 Å². The maximum absolute atomic E-state index is 12.8. The molecule has 0 aliphatic heterocycles. The summed E-state index contributed by atoms with van der Waals surface area (Å²) in [5.74, 6) is -4.82. The third-order valence-corrected chi connectivity index (χ3v) is 4.72. The van der Waals surface area contributed by atoms with Crippen molar-refractivity contribution in [2.24, 2.45) is 11.8 Å². The first kappa shape index (κ1) is 27.9. The van der Waals surface area contributed by atoms with Gasteiger partial charge in [-0.05, 0) is 17.4 Å². The number of nitrogens with zero attached hydrogens (tertiary/aromatic N) is 1. The van der Waals surface area contributed by atoms with Gasteiger partial charge in [0.15, 0.2) is 0 Å². The van der Waals surface area contributed by atoms with Gasteiger partial charge in [-0.25, -0.2) is 4.79 Å². The van der Waals surface area contributed by atoms with Crippen LogP contribution in [-0.4, -0.2) is 60.4 Å². The summed E-state index contributed by atoms with van der Waals surface area (Å²) in [7, 11) is 1.27. The first-order valence-electron chi connectivity index (χ1n) is 10.4. The van der Waals surface area contributed by atoms with Crippen LogP contribution in [0.1, 0.15) is 33.3 Å². The van der Waals surface area contributed by atoms with E-state index in [1.807, 2.05) is 11.4 Å². The number of amides is 3. The van der Waals surface area contributed by atoms with Crippen LogP contribution in [-0.2, 0) is 25.7 Å². The fourth-order valence-corrected chi connectivity index (χ4v) is 2.87. The maximum Gasteiger partial charge on any atom is 0.452 e. The van der Waals surface area contributed by atoms with Gasteiger partial charge in [0.2, 0.25) is 11.8 Å². The van der Waals surface area contributed by atoms with Crippen LogP contribution in [0.4, 0.5) is 18.0 Å². The number of ketones is 1. The van der Waals surface area contributed by atoms with Crippen molar-refractivity contribution in [1.82, 2.24) is 15.5 Å². The van der Waals surface area contributed by atoms with Crippen LogP contribution >= 0.6 is 0 Å². The molecule has 2 atom stereocenters. The molecule has 0 fully saturated rings. The van der Waals surface area contributed by atoms with Gasteiger partial charge >= 0.3 is 12.3 Å². The molecule has 0 saturated heterocycles. The van der Waals surface area contributed by atoms with E-state index < -0.39 is 54.4 Å². The van der Waals surface area contributed by atoms with E-state index in [1.165, 1.54) is 20.9 Å². The van der Waals surface area contributed by atoms with Crippen LogP contribution in [0.3, 0.4) is 0 Å². The Hall–Kier alpha value is -3.11. The molecule has 3 amide bonds. The van der Waals surface area contributed by atoms with Crippen LogP contribution in [0.25, 0.3) is 0 Å². The average molecular weight is 473 g/mol. The fraction of sp³-hybridized carbons (Fsp3) is 0.545. The lowest BCUT2D eigenvalue weighted by molar-refractivity contribution is -0.175. The highest BCUT2D eigenvalue weighted by Crippen LogP contribution is 2.21. The Bertz CT molecular complexity index is 828. The number of alkyl halides is 3. The molecule has 184 valence electrons. The predicted octanol–water partition coefficient (Wildman–Crippen LogP) is 2.67. The Morgan fingerprint density at radius 2 is 1.48 bits per heavy atom. The summed E-state index contributed by atoms with van der Waals surface area (Å²) in [4.78, 5) is 49.7. The summed E-state index contributed by atoms with van der Waals surface area (Å²) in [5.41, 5.74) is 0.752. The summed E-state index contributed by atoms with van der Waals surface area (Å²) in [5, 5.41) is 4.49. The van der Waals surface area contributed by atoms with Gasteiger partial charge in [0.1, 0.15) is 12.6 Å². The molecule has 0 bridgehead atoms. The number of benzene rings is 1. The Kier molecular flexibility index (Phi) is 10.3. The highest BCUT2D eigenvalue weighted by molar-refractivity contribution is 5.94. The molecule has 1 aromatic rings. The van der Waals surface area contributed by atoms with E-state index >= 15 is 0 Å². The normalized spacial score (nSPS) is 13.3. The average Bonchev–Trinajstić information content (AvgIpc) is 2.73. The predicted molar refractivity (Wildman–Crippen MR) is 114 cm³/mol. The Labute approximate surface area is 190 Å². The topological polar surface area (TPSA) is 105 Å². The molecular formula is C22H30F3N3O5. The first-order chi connectivity index (χ1) is 15.2. The van der Waals surface area contributed by atoms with Gasteiger partial charge in [-0.1, -0.05) is 58.0 Å². The van der Waals surface area contributed by atoms with E-state index in [9.17, 15) is 32.3 Å². The molecule has 33 heavy (non-hydrogen) atoms. The second kappa shape index (κ2) is 12.2. The van der Waals surface area contributed by atoms with Gasteiger partial charge in [-0.3, -0.25) is 14.4 Å². The standard InChI is InChI=1S/C22H30F3N3O5/c1-13(2)17(19(30)22(23,24)25)26-16(29)11-28(5)20(31)18(14(3)4)27-21(32)33-12-15-9-7-6-8-10-15/h6-10,13-14,17-18H,11-12H2,1-5H3,(H,26,29)(H,27,32)/t17?,18-/m0/s1. The summed E-state index contributed by atoms with van der Waals surface area (Å²) < 4.78 is 43.4. The van der Waals surface area contributed by atoms with Crippen molar-refractivity contribution >= 4 is 23.7 Å². The lowest BCUT2D eigenvalue weighted by atomic mass is 9.99. The van der Waals surface area contributed by atoms with Crippen LogP contribution in [0.15, 0.2) is 30.3 Å². The SMILES string of the molecule is CC(C)C(NC(=O)CN(C)C(=O)[C@@H](NC(=O)OCc1ccccc1)C(C)C)C(=O)C(F)(F)F. The maximum atomic E-state index is 12.8. The molecule has 1 aromatic carbocycles. The first-order valence-corrected chi connectivity index (χ1v) is 10.4. The van der Waals surface area contributed by atoms with Gasteiger partial charge < -0.3 is 20.3 Å². The number of likely N-dealkylation sites (N-methyl/N-ethyl adjacent to an activating group) is 1. The Balaban J connectivity index is 2.72. The number of hydrogen-bond acceptors (Lipinski definition) is 5. The number of carbonyl (C=O) groups is 4.